The number of aromatic nitrogens is 1. The minimum Gasteiger partial charge on any atom is -0.368 e. The van der Waals surface area contributed by atoms with E-state index in [9.17, 15) is 0 Å². The highest BCUT2D eigenvalue weighted by atomic mass is 15.3. The molecule has 172 valence electrons. The van der Waals surface area contributed by atoms with E-state index < -0.39 is 0 Å². The van der Waals surface area contributed by atoms with Crippen molar-refractivity contribution in [3.8, 4) is 0 Å². The zero-order chi connectivity index (χ0) is 22.2. The zero-order valence-electron chi connectivity index (χ0n) is 20.2. The Morgan fingerprint density at radius 1 is 1.09 bits per heavy atom. The second-order valence-corrected chi connectivity index (χ2v) is 10.4. The Labute approximate surface area is 193 Å². The molecular weight excluding hydrogens is 394 g/mol. The highest BCUT2D eigenvalue weighted by Gasteiger charge is 2.31. The van der Waals surface area contributed by atoms with E-state index in [1.807, 2.05) is 6.20 Å². The Kier molecular flexibility index (Phi) is 6.24. The standard InChI is InChI=1S/C27H39N5/c1-19-16-32(17-20(2)31(19)4)25-11-6-9-22-15-29-23(14-24(22)25)18-30(3)26-12-5-8-21-10-7-13-28-27(21)26/h6-7,9-11,13,19-20,23,26,29H,5,8,12,14-18H2,1-4H3/t19-,20-,23-,26+/m1/s1. The third-order valence-electron chi connectivity index (χ3n) is 8.19. The van der Waals surface area contributed by atoms with Crippen LogP contribution in [0.2, 0.25) is 0 Å². The number of rotatable bonds is 4. The van der Waals surface area contributed by atoms with Crippen LogP contribution in [0, 0.1) is 0 Å². The molecule has 5 rings (SSSR count). The summed E-state index contributed by atoms with van der Waals surface area (Å²) in [4.78, 5) is 12.5. The molecule has 1 fully saturated rings. The Morgan fingerprint density at radius 3 is 2.69 bits per heavy atom. The molecule has 1 saturated heterocycles. The number of nitrogens with one attached hydrogen (secondary N) is 1. The van der Waals surface area contributed by atoms with Crippen LogP contribution in [0.1, 0.15) is 55.1 Å². The van der Waals surface area contributed by atoms with Crippen molar-refractivity contribution < 1.29 is 0 Å². The first-order chi connectivity index (χ1) is 15.5. The van der Waals surface area contributed by atoms with Gasteiger partial charge in [0.25, 0.3) is 0 Å². The number of piperazine rings is 1. The summed E-state index contributed by atoms with van der Waals surface area (Å²) in [6.45, 7) is 8.96. The SMILES string of the molecule is C[C@@H]1CN(c2cccc3c2C[C@H](CN(C)[C@H]2CCCc4cccnc42)NC3)C[C@@H](C)N1C. The molecule has 1 aromatic carbocycles. The van der Waals surface area contributed by atoms with Gasteiger partial charge in [-0.2, -0.15) is 0 Å². The van der Waals surface area contributed by atoms with Gasteiger partial charge in [-0.3, -0.25) is 14.8 Å². The molecule has 2 aliphatic heterocycles. The van der Waals surface area contributed by atoms with E-state index in [2.05, 4.69) is 78.3 Å². The Morgan fingerprint density at radius 2 is 1.88 bits per heavy atom. The van der Waals surface area contributed by atoms with E-state index in [0.717, 1.165) is 32.6 Å². The Bertz CT molecular complexity index is 931. The number of likely N-dealkylation sites (N-methyl/N-ethyl adjacent to an activating group) is 2. The second kappa shape index (κ2) is 9.12. The van der Waals surface area contributed by atoms with Crippen LogP contribution < -0.4 is 10.2 Å². The first-order valence-electron chi connectivity index (χ1n) is 12.5. The number of aryl methyl sites for hydroxylation is 1. The average Bonchev–Trinajstić information content (AvgIpc) is 2.81. The highest BCUT2D eigenvalue weighted by Crippen LogP contribution is 2.34. The molecule has 0 saturated carbocycles. The minimum absolute atomic E-state index is 0.442. The lowest BCUT2D eigenvalue weighted by molar-refractivity contribution is 0.169. The number of nitrogens with zero attached hydrogens (tertiary/aromatic N) is 4. The first kappa shape index (κ1) is 21.9. The van der Waals surface area contributed by atoms with Crippen LogP contribution >= 0.6 is 0 Å². The van der Waals surface area contributed by atoms with Crippen LogP contribution in [0.3, 0.4) is 0 Å². The number of benzene rings is 1. The first-order valence-corrected chi connectivity index (χ1v) is 12.5. The number of anilines is 1. The molecule has 4 atom stereocenters. The molecule has 0 unspecified atom stereocenters. The molecule has 2 aromatic rings. The third-order valence-corrected chi connectivity index (χ3v) is 8.19. The number of hydrogen-bond acceptors (Lipinski definition) is 5. The van der Waals surface area contributed by atoms with Crippen molar-refractivity contribution >= 4 is 5.69 Å². The molecule has 32 heavy (non-hydrogen) atoms. The quantitative estimate of drug-likeness (QED) is 0.797. The largest absolute Gasteiger partial charge is 0.368 e. The summed E-state index contributed by atoms with van der Waals surface area (Å²) >= 11 is 0. The topological polar surface area (TPSA) is 34.6 Å². The monoisotopic (exact) mass is 433 g/mol. The smallest absolute Gasteiger partial charge is 0.0607 e. The maximum atomic E-state index is 4.77. The molecule has 0 radical (unpaired) electrons. The van der Waals surface area contributed by atoms with Crippen LogP contribution in [-0.4, -0.2) is 66.6 Å². The van der Waals surface area contributed by atoms with Gasteiger partial charge in [0.2, 0.25) is 0 Å². The van der Waals surface area contributed by atoms with Gasteiger partial charge in [-0.05, 0) is 82.4 Å². The maximum absolute atomic E-state index is 4.77. The van der Waals surface area contributed by atoms with Gasteiger partial charge in [0, 0.05) is 56.2 Å². The molecule has 0 spiro atoms. The van der Waals surface area contributed by atoms with Gasteiger partial charge < -0.3 is 10.2 Å². The van der Waals surface area contributed by atoms with Crippen molar-refractivity contribution in [3.05, 3.63) is 58.9 Å². The summed E-state index contributed by atoms with van der Waals surface area (Å²) < 4.78 is 0. The van der Waals surface area contributed by atoms with Gasteiger partial charge in [0.15, 0.2) is 0 Å². The van der Waals surface area contributed by atoms with Gasteiger partial charge in [-0.1, -0.05) is 18.2 Å². The number of pyridine rings is 1. The van der Waals surface area contributed by atoms with Crippen molar-refractivity contribution in [2.45, 2.75) is 70.2 Å². The fraction of sp³-hybridized carbons (Fsp3) is 0.593. The Hall–Kier alpha value is -1.95. The van der Waals surface area contributed by atoms with Crippen LogP contribution in [0.25, 0.3) is 0 Å². The lowest BCUT2D eigenvalue weighted by Crippen LogP contribution is -2.55. The van der Waals surface area contributed by atoms with Crippen molar-refractivity contribution in [2.24, 2.45) is 0 Å². The molecule has 1 aliphatic carbocycles. The fourth-order valence-electron chi connectivity index (χ4n) is 6.11. The van der Waals surface area contributed by atoms with E-state index in [4.69, 9.17) is 4.98 Å². The van der Waals surface area contributed by atoms with Crippen molar-refractivity contribution in [2.75, 3.05) is 38.6 Å². The molecule has 5 nitrogen and oxygen atoms in total. The maximum Gasteiger partial charge on any atom is 0.0607 e. The lowest BCUT2D eigenvalue weighted by Gasteiger charge is -2.45. The van der Waals surface area contributed by atoms with Crippen LogP contribution in [-0.2, 0) is 19.4 Å². The number of hydrogen-bond donors (Lipinski definition) is 1. The molecule has 5 heteroatoms. The van der Waals surface area contributed by atoms with Gasteiger partial charge in [0.05, 0.1) is 11.7 Å². The summed E-state index contributed by atoms with van der Waals surface area (Å²) in [5.74, 6) is 0. The van der Waals surface area contributed by atoms with E-state index in [1.165, 1.54) is 41.8 Å². The molecular formula is C27H39N5. The summed E-state index contributed by atoms with van der Waals surface area (Å²) in [6, 6.07) is 13.4. The molecule has 0 bridgehead atoms. The lowest BCUT2D eigenvalue weighted by atomic mass is 9.89. The molecule has 0 amide bonds. The van der Waals surface area contributed by atoms with Crippen molar-refractivity contribution in [1.29, 1.82) is 0 Å². The fourth-order valence-corrected chi connectivity index (χ4v) is 6.11. The van der Waals surface area contributed by atoms with E-state index in [0.29, 0.717) is 24.2 Å². The predicted molar refractivity (Wildman–Crippen MR) is 132 cm³/mol. The van der Waals surface area contributed by atoms with E-state index >= 15 is 0 Å². The average molecular weight is 434 g/mol. The summed E-state index contributed by atoms with van der Waals surface area (Å²) in [5.41, 5.74) is 7.26. The molecule has 1 N–H and O–H groups in total. The van der Waals surface area contributed by atoms with E-state index in [1.54, 1.807) is 5.56 Å². The predicted octanol–water partition coefficient (Wildman–Crippen LogP) is 3.63. The van der Waals surface area contributed by atoms with Gasteiger partial charge in [0.1, 0.15) is 0 Å². The van der Waals surface area contributed by atoms with Crippen molar-refractivity contribution in [1.82, 2.24) is 20.1 Å². The Balaban J connectivity index is 1.32. The second-order valence-electron chi connectivity index (χ2n) is 10.4. The number of fused-ring (bicyclic) bond motifs is 2. The minimum atomic E-state index is 0.442. The van der Waals surface area contributed by atoms with Crippen LogP contribution in [0.5, 0.6) is 0 Å². The summed E-state index contributed by atoms with van der Waals surface area (Å²) in [5, 5.41) is 3.84. The van der Waals surface area contributed by atoms with Gasteiger partial charge >= 0.3 is 0 Å². The molecule has 3 aliphatic rings. The van der Waals surface area contributed by atoms with Gasteiger partial charge in [-0.15, -0.1) is 0 Å². The highest BCUT2D eigenvalue weighted by molar-refractivity contribution is 5.58. The van der Waals surface area contributed by atoms with E-state index in [-0.39, 0.29) is 0 Å². The van der Waals surface area contributed by atoms with Crippen LogP contribution in [0.15, 0.2) is 36.5 Å². The molecule has 3 heterocycles. The third kappa shape index (κ3) is 4.18. The zero-order valence-corrected chi connectivity index (χ0v) is 20.2. The summed E-state index contributed by atoms with van der Waals surface area (Å²) in [6.07, 6.45) is 6.72. The van der Waals surface area contributed by atoms with Gasteiger partial charge in [-0.25, -0.2) is 0 Å². The molecule has 1 aromatic heterocycles. The van der Waals surface area contributed by atoms with Crippen molar-refractivity contribution in [3.63, 3.8) is 0 Å². The normalized spacial score (nSPS) is 28.5. The van der Waals surface area contributed by atoms with Crippen LogP contribution in [0.4, 0.5) is 5.69 Å². The summed E-state index contributed by atoms with van der Waals surface area (Å²) in [7, 11) is 4.56.